The lowest BCUT2D eigenvalue weighted by atomic mass is 10.0. The maximum atomic E-state index is 13.3. The Balaban J connectivity index is 1.87. The first-order valence-electron chi connectivity index (χ1n) is 8.59. The molecule has 3 aromatic carbocycles. The van der Waals surface area contributed by atoms with E-state index < -0.39 is 0 Å². The number of nitrogens with two attached hydrogens (primary N) is 1. The van der Waals surface area contributed by atoms with Crippen molar-refractivity contribution in [3.63, 3.8) is 0 Å². The van der Waals surface area contributed by atoms with Gasteiger partial charge in [-0.2, -0.15) is 0 Å². The van der Waals surface area contributed by atoms with Crippen molar-refractivity contribution in [2.75, 3.05) is 0 Å². The molecule has 2 N–H and O–H groups in total. The molecule has 0 spiro atoms. The molecule has 0 saturated carbocycles. The number of rotatable bonds is 5. The molecule has 0 aliphatic carbocycles. The van der Waals surface area contributed by atoms with Crippen LogP contribution in [0.25, 0.3) is 0 Å². The van der Waals surface area contributed by atoms with Crippen molar-refractivity contribution in [3.05, 3.63) is 107 Å². The van der Waals surface area contributed by atoms with Gasteiger partial charge in [-0.1, -0.05) is 66.4 Å². The van der Waals surface area contributed by atoms with Crippen LogP contribution < -0.4 is 5.73 Å². The van der Waals surface area contributed by atoms with E-state index in [0.29, 0.717) is 5.17 Å². The van der Waals surface area contributed by atoms with Gasteiger partial charge in [-0.05, 0) is 47.9 Å². The molecule has 1 atom stereocenters. The summed E-state index contributed by atoms with van der Waals surface area (Å²) in [5.41, 5.74) is 9.03. The molecule has 3 aromatic rings. The molecule has 0 aromatic heterocycles. The second kappa shape index (κ2) is 8.82. The average molecular weight is 382 g/mol. The summed E-state index contributed by atoms with van der Waals surface area (Å²) >= 11 is 1.37. The largest absolute Gasteiger partial charge is 0.378 e. The van der Waals surface area contributed by atoms with E-state index in [1.807, 2.05) is 37.3 Å². The first-order chi connectivity index (χ1) is 13.0. The Bertz CT molecular complexity index is 848. The lowest BCUT2D eigenvalue weighted by molar-refractivity contribution is 0.626. The Morgan fingerprint density at radius 2 is 1.26 bits per heavy atom. The van der Waals surface area contributed by atoms with E-state index in [1.54, 1.807) is 24.3 Å². The molecule has 0 radical (unpaired) electrons. The number of amidine groups is 1. The van der Waals surface area contributed by atoms with Gasteiger partial charge in [-0.25, -0.2) is 8.78 Å². The van der Waals surface area contributed by atoms with Crippen molar-refractivity contribution in [2.24, 2.45) is 10.7 Å². The highest BCUT2D eigenvalue weighted by molar-refractivity contribution is 8.14. The van der Waals surface area contributed by atoms with Crippen LogP contribution in [0.2, 0.25) is 0 Å². The van der Waals surface area contributed by atoms with E-state index in [4.69, 9.17) is 5.73 Å². The molecule has 0 aliphatic rings. The Morgan fingerprint density at radius 3 is 1.74 bits per heavy atom. The average Bonchev–Trinajstić information content (AvgIpc) is 2.68. The lowest BCUT2D eigenvalue weighted by Gasteiger charge is -2.18. The van der Waals surface area contributed by atoms with E-state index >= 15 is 0 Å². The zero-order valence-electron chi connectivity index (χ0n) is 14.8. The molecular weight excluding hydrogens is 362 g/mol. The van der Waals surface area contributed by atoms with Crippen molar-refractivity contribution < 1.29 is 8.78 Å². The summed E-state index contributed by atoms with van der Waals surface area (Å²) in [6.45, 7) is 1.98. The second-order valence-corrected chi connectivity index (χ2v) is 7.28. The number of nitrogens with zero attached hydrogens (tertiary/aromatic N) is 1. The van der Waals surface area contributed by atoms with Crippen LogP contribution in [0.3, 0.4) is 0 Å². The number of hydrogen-bond donors (Lipinski definition) is 1. The van der Waals surface area contributed by atoms with Gasteiger partial charge in [0.05, 0.1) is 11.3 Å². The van der Waals surface area contributed by atoms with Crippen molar-refractivity contribution in [1.82, 2.24) is 0 Å². The smallest absolute Gasteiger partial charge is 0.155 e. The molecule has 0 fully saturated rings. The zero-order valence-corrected chi connectivity index (χ0v) is 15.7. The van der Waals surface area contributed by atoms with Crippen LogP contribution in [0, 0.1) is 11.6 Å². The minimum absolute atomic E-state index is 0.0826. The van der Waals surface area contributed by atoms with Crippen molar-refractivity contribution in [1.29, 1.82) is 0 Å². The first kappa shape index (κ1) is 19.1. The quantitative estimate of drug-likeness (QED) is 0.443. The molecule has 0 aliphatic heterocycles. The minimum atomic E-state index is -0.305. The molecule has 2 nitrogen and oxygen atoms in total. The summed E-state index contributed by atoms with van der Waals surface area (Å²) in [4.78, 5) is 4.58. The SMILES string of the molecule is C[C@@H](N=C(N)SC(c1ccc(F)cc1)c1ccc(F)cc1)c1ccccc1. The fraction of sp³-hybridized carbons (Fsp3) is 0.136. The van der Waals surface area contributed by atoms with Crippen LogP contribution in [0.15, 0.2) is 83.9 Å². The maximum absolute atomic E-state index is 13.3. The van der Waals surface area contributed by atoms with Crippen LogP contribution in [-0.4, -0.2) is 5.17 Å². The van der Waals surface area contributed by atoms with Gasteiger partial charge >= 0.3 is 0 Å². The standard InChI is InChI=1S/C22H20F2N2S/c1-15(16-5-3-2-4-6-16)26-22(25)27-21(17-7-11-19(23)12-8-17)18-9-13-20(24)14-10-18/h2-15,21H,1H3,(H2,25,26)/t15-/m1/s1. The summed E-state index contributed by atoms with van der Waals surface area (Å²) < 4.78 is 26.6. The molecule has 27 heavy (non-hydrogen) atoms. The summed E-state index contributed by atoms with van der Waals surface area (Å²) in [5, 5.41) is 0.211. The van der Waals surface area contributed by atoms with Crippen molar-refractivity contribution in [2.45, 2.75) is 18.2 Å². The molecule has 0 bridgehead atoms. The Labute approximate surface area is 162 Å². The predicted octanol–water partition coefficient (Wildman–Crippen LogP) is 5.86. The predicted molar refractivity (Wildman–Crippen MR) is 109 cm³/mol. The third-order valence-corrected chi connectivity index (χ3v) is 5.31. The first-order valence-corrected chi connectivity index (χ1v) is 9.46. The Hall–Kier alpha value is -2.66. The normalized spacial score (nSPS) is 13.0. The number of thioether (sulfide) groups is 1. The van der Waals surface area contributed by atoms with Gasteiger partial charge < -0.3 is 5.73 Å². The fourth-order valence-electron chi connectivity index (χ4n) is 2.75. The molecule has 0 unspecified atom stereocenters. The summed E-state index contributed by atoms with van der Waals surface area (Å²) in [5.74, 6) is -0.609. The van der Waals surface area contributed by atoms with E-state index in [-0.39, 0.29) is 22.9 Å². The zero-order chi connectivity index (χ0) is 19.2. The third-order valence-electron chi connectivity index (χ3n) is 4.19. The highest BCUT2D eigenvalue weighted by atomic mass is 32.2. The second-order valence-electron chi connectivity index (χ2n) is 6.15. The van der Waals surface area contributed by atoms with Gasteiger partial charge in [0.1, 0.15) is 11.6 Å². The Kier molecular flexibility index (Phi) is 6.24. The van der Waals surface area contributed by atoms with E-state index in [2.05, 4.69) is 4.99 Å². The van der Waals surface area contributed by atoms with E-state index in [0.717, 1.165) is 16.7 Å². The van der Waals surface area contributed by atoms with Gasteiger partial charge in [0.15, 0.2) is 5.17 Å². The van der Waals surface area contributed by atoms with Crippen LogP contribution in [0.4, 0.5) is 8.78 Å². The van der Waals surface area contributed by atoms with Crippen molar-refractivity contribution >= 4 is 16.9 Å². The van der Waals surface area contributed by atoms with Crippen LogP contribution in [0.5, 0.6) is 0 Å². The molecule has 3 rings (SSSR count). The molecule has 0 amide bonds. The topological polar surface area (TPSA) is 38.4 Å². The Morgan fingerprint density at radius 1 is 0.778 bits per heavy atom. The van der Waals surface area contributed by atoms with Crippen LogP contribution in [-0.2, 0) is 0 Å². The van der Waals surface area contributed by atoms with Crippen molar-refractivity contribution in [3.8, 4) is 0 Å². The van der Waals surface area contributed by atoms with Gasteiger partial charge in [-0.15, -0.1) is 0 Å². The fourth-order valence-corrected chi connectivity index (χ4v) is 3.80. The van der Waals surface area contributed by atoms with Gasteiger partial charge in [0.25, 0.3) is 0 Å². The number of benzene rings is 3. The third kappa shape index (κ3) is 5.17. The van der Waals surface area contributed by atoms with E-state index in [9.17, 15) is 8.78 Å². The minimum Gasteiger partial charge on any atom is -0.378 e. The molecule has 0 saturated heterocycles. The van der Waals surface area contributed by atoms with Gasteiger partial charge in [0, 0.05) is 0 Å². The van der Waals surface area contributed by atoms with E-state index in [1.165, 1.54) is 36.0 Å². The summed E-state index contributed by atoms with van der Waals surface area (Å²) in [6, 6.07) is 22.3. The molecule has 5 heteroatoms. The summed E-state index contributed by atoms with van der Waals surface area (Å²) in [6.07, 6.45) is 0. The number of hydrogen-bond acceptors (Lipinski definition) is 2. The number of aliphatic imine (C=N–C) groups is 1. The molecule has 0 heterocycles. The summed E-state index contributed by atoms with van der Waals surface area (Å²) in [7, 11) is 0. The maximum Gasteiger partial charge on any atom is 0.155 e. The molecular formula is C22H20F2N2S. The lowest BCUT2D eigenvalue weighted by Crippen LogP contribution is -2.12. The molecule has 138 valence electrons. The monoisotopic (exact) mass is 382 g/mol. The van der Waals surface area contributed by atoms with Crippen LogP contribution >= 0.6 is 11.8 Å². The highest BCUT2D eigenvalue weighted by Crippen LogP contribution is 2.36. The number of halogens is 2. The van der Waals surface area contributed by atoms with Gasteiger partial charge in [0.2, 0.25) is 0 Å². The highest BCUT2D eigenvalue weighted by Gasteiger charge is 2.18. The van der Waals surface area contributed by atoms with Gasteiger partial charge in [-0.3, -0.25) is 4.99 Å². The van der Waals surface area contributed by atoms with Crippen LogP contribution in [0.1, 0.15) is 34.9 Å².